The highest BCUT2D eigenvalue weighted by molar-refractivity contribution is 7.08. The van der Waals surface area contributed by atoms with Gasteiger partial charge >= 0.3 is 0 Å². The molecule has 0 bridgehead atoms. The molecule has 0 aliphatic rings. The number of rotatable bonds is 4. The minimum absolute atomic E-state index is 0.0703. The van der Waals surface area contributed by atoms with E-state index in [4.69, 9.17) is 5.11 Å². The molecule has 92 valence electrons. The average Bonchev–Trinajstić information content (AvgIpc) is 3.04. The highest BCUT2D eigenvalue weighted by Gasteiger charge is 2.09. The van der Waals surface area contributed by atoms with E-state index < -0.39 is 0 Å². The molecule has 3 heterocycles. The van der Waals surface area contributed by atoms with Crippen LogP contribution >= 0.6 is 11.3 Å². The fourth-order valence-electron chi connectivity index (χ4n) is 1.84. The Morgan fingerprint density at radius 3 is 3.11 bits per heavy atom. The van der Waals surface area contributed by atoms with Gasteiger partial charge in [-0.3, -0.25) is 4.40 Å². The van der Waals surface area contributed by atoms with Crippen LogP contribution in [0.25, 0.3) is 16.9 Å². The van der Waals surface area contributed by atoms with E-state index in [0.717, 1.165) is 16.9 Å². The lowest BCUT2D eigenvalue weighted by Gasteiger charge is -2.05. The number of anilines is 1. The highest BCUT2D eigenvalue weighted by atomic mass is 32.1. The van der Waals surface area contributed by atoms with Crippen LogP contribution in [0.2, 0.25) is 0 Å². The molecule has 3 rings (SSSR count). The van der Waals surface area contributed by atoms with Crippen molar-refractivity contribution in [3.05, 3.63) is 35.4 Å². The first kappa shape index (κ1) is 11.2. The van der Waals surface area contributed by atoms with Gasteiger partial charge in [-0.1, -0.05) is 0 Å². The van der Waals surface area contributed by atoms with Crippen LogP contribution < -0.4 is 5.32 Å². The number of nitrogens with one attached hydrogen (secondary N) is 1. The van der Waals surface area contributed by atoms with Crippen molar-refractivity contribution in [2.75, 3.05) is 18.5 Å². The predicted octanol–water partition coefficient (Wildman–Crippen LogP) is 1.86. The topological polar surface area (TPSA) is 62.5 Å². The normalized spacial score (nSPS) is 10.9. The van der Waals surface area contributed by atoms with Crippen molar-refractivity contribution in [1.29, 1.82) is 0 Å². The van der Waals surface area contributed by atoms with Gasteiger partial charge in [-0.25, -0.2) is 9.97 Å². The monoisotopic (exact) mass is 260 g/mol. The number of hydrogen-bond donors (Lipinski definition) is 2. The zero-order chi connectivity index (χ0) is 12.4. The molecule has 3 aromatic heterocycles. The Kier molecular flexibility index (Phi) is 2.95. The summed E-state index contributed by atoms with van der Waals surface area (Å²) in [6.45, 7) is 0.536. The molecule has 0 saturated carbocycles. The van der Waals surface area contributed by atoms with Crippen molar-refractivity contribution in [2.45, 2.75) is 0 Å². The molecule has 0 aliphatic heterocycles. The lowest BCUT2D eigenvalue weighted by atomic mass is 10.3. The molecule has 0 fully saturated rings. The van der Waals surface area contributed by atoms with E-state index in [-0.39, 0.29) is 6.61 Å². The van der Waals surface area contributed by atoms with Gasteiger partial charge in [-0.2, -0.15) is 11.3 Å². The maximum Gasteiger partial charge on any atom is 0.180 e. The Morgan fingerprint density at radius 2 is 2.33 bits per heavy atom. The molecule has 6 heteroatoms. The van der Waals surface area contributed by atoms with E-state index in [2.05, 4.69) is 26.7 Å². The van der Waals surface area contributed by atoms with Crippen LogP contribution in [0.15, 0.2) is 35.4 Å². The standard InChI is InChI=1S/C12H12N4OS/c17-5-3-14-11-12-15-7-10(9-1-6-18-8-9)16(12)4-2-13-11/h1-2,4,6-8,17H,3,5H2,(H,13,14). The largest absolute Gasteiger partial charge is 0.395 e. The van der Waals surface area contributed by atoms with Crippen LogP contribution in [-0.4, -0.2) is 32.6 Å². The minimum Gasteiger partial charge on any atom is -0.395 e. The summed E-state index contributed by atoms with van der Waals surface area (Å²) < 4.78 is 1.99. The zero-order valence-corrected chi connectivity index (χ0v) is 10.4. The first-order chi connectivity index (χ1) is 8.90. The zero-order valence-electron chi connectivity index (χ0n) is 9.58. The number of hydrogen-bond acceptors (Lipinski definition) is 5. The number of aliphatic hydroxyl groups excluding tert-OH is 1. The fourth-order valence-corrected chi connectivity index (χ4v) is 2.49. The van der Waals surface area contributed by atoms with Crippen LogP contribution in [0.3, 0.4) is 0 Å². The van der Waals surface area contributed by atoms with Crippen molar-refractivity contribution in [1.82, 2.24) is 14.4 Å². The molecule has 2 N–H and O–H groups in total. The number of thiophene rings is 1. The van der Waals surface area contributed by atoms with Gasteiger partial charge in [0, 0.05) is 29.9 Å². The van der Waals surface area contributed by atoms with Gasteiger partial charge in [0.1, 0.15) is 0 Å². The Labute approximate surface area is 108 Å². The minimum atomic E-state index is 0.0703. The van der Waals surface area contributed by atoms with E-state index in [9.17, 15) is 0 Å². The Morgan fingerprint density at radius 1 is 1.39 bits per heavy atom. The highest BCUT2D eigenvalue weighted by Crippen LogP contribution is 2.24. The maximum atomic E-state index is 8.84. The van der Waals surface area contributed by atoms with Gasteiger partial charge in [-0.15, -0.1) is 0 Å². The van der Waals surface area contributed by atoms with Crippen molar-refractivity contribution in [2.24, 2.45) is 0 Å². The van der Waals surface area contributed by atoms with Gasteiger partial charge in [-0.05, 0) is 11.4 Å². The number of imidazole rings is 1. The third-order valence-electron chi connectivity index (χ3n) is 2.65. The van der Waals surface area contributed by atoms with Gasteiger partial charge in [0.2, 0.25) is 0 Å². The molecule has 3 aromatic rings. The molecule has 0 atom stereocenters. The molecule has 0 aliphatic carbocycles. The summed E-state index contributed by atoms with van der Waals surface area (Å²) in [7, 11) is 0. The van der Waals surface area contributed by atoms with Crippen LogP contribution in [0.5, 0.6) is 0 Å². The van der Waals surface area contributed by atoms with E-state index >= 15 is 0 Å². The first-order valence-corrected chi connectivity index (χ1v) is 6.54. The first-order valence-electron chi connectivity index (χ1n) is 5.59. The van der Waals surface area contributed by atoms with Crippen LogP contribution in [-0.2, 0) is 0 Å². The maximum absolute atomic E-state index is 8.84. The second kappa shape index (κ2) is 4.75. The third-order valence-corrected chi connectivity index (χ3v) is 3.33. The van der Waals surface area contributed by atoms with Gasteiger partial charge in [0.25, 0.3) is 0 Å². The molecule has 18 heavy (non-hydrogen) atoms. The van der Waals surface area contributed by atoms with Crippen LogP contribution in [0.4, 0.5) is 5.82 Å². The summed E-state index contributed by atoms with van der Waals surface area (Å²) in [5.41, 5.74) is 2.96. The molecule has 0 spiro atoms. The Balaban J connectivity index is 2.09. The number of fused-ring (bicyclic) bond motifs is 1. The summed E-state index contributed by atoms with van der Waals surface area (Å²) in [5.74, 6) is 0.688. The van der Waals surface area contributed by atoms with Crippen LogP contribution in [0, 0.1) is 0 Å². The lowest BCUT2D eigenvalue weighted by Crippen LogP contribution is -2.08. The van der Waals surface area contributed by atoms with E-state index in [0.29, 0.717) is 12.4 Å². The second-order valence-corrected chi connectivity index (χ2v) is 4.56. The molecule has 5 nitrogen and oxygen atoms in total. The quantitative estimate of drug-likeness (QED) is 0.751. The Bertz CT molecular complexity index is 647. The molecular weight excluding hydrogens is 248 g/mol. The average molecular weight is 260 g/mol. The summed E-state index contributed by atoms with van der Waals surface area (Å²) >= 11 is 1.66. The second-order valence-electron chi connectivity index (χ2n) is 3.78. The van der Waals surface area contributed by atoms with Crippen molar-refractivity contribution in [3.8, 4) is 11.3 Å². The van der Waals surface area contributed by atoms with Gasteiger partial charge in [0.05, 0.1) is 18.5 Å². The molecular formula is C12H12N4OS. The van der Waals surface area contributed by atoms with E-state index in [1.54, 1.807) is 17.5 Å². The summed E-state index contributed by atoms with van der Waals surface area (Å²) in [6, 6.07) is 2.06. The summed E-state index contributed by atoms with van der Waals surface area (Å²) in [5, 5.41) is 16.0. The predicted molar refractivity (Wildman–Crippen MR) is 71.9 cm³/mol. The smallest absolute Gasteiger partial charge is 0.180 e. The van der Waals surface area contributed by atoms with E-state index in [1.807, 2.05) is 22.2 Å². The summed E-state index contributed by atoms with van der Waals surface area (Å²) in [4.78, 5) is 8.62. The number of aliphatic hydroxyl groups is 1. The lowest BCUT2D eigenvalue weighted by molar-refractivity contribution is 0.311. The third kappa shape index (κ3) is 1.85. The molecule has 0 radical (unpaired) electrons. The number of nitrogens with zero attached hydrogens (tertiary/aromatic N) is 3. The van der Waals surface area contributed by atoms with E-state index in [1.165, 1.54) is 0 Å². The Hall–Kier alpha value is -1.92. The molecule has 0 unspecified atom stereocenters. The van der Waals surface area contributed by atoms with Gasteiger partial charge < -0.3 is 10.4 Å². The van der Waals surface area contributed by atoms with Crippen molar-refractivity contribution >= 4 is 22.8 Å². The number of aromatic nitrogens is 3. The fraction of sp³-hybridized carbons (Fsp3) is 0.167. The van der Waals surface area contributed by atoms with Crippen molar-refractivity contribution < 1.29 is 5.11 Å². The molecule has 0 saturated heterocycles. The van der Waals surface area contributed by atoms with Crippen molar-refractivity contribution in [3.63, 3.8) is 0 Å². The SMILES string of the molecule is OCCNc1nccn2c(-c3ccsc3)cnc12. The summed E-state index contributed by atoms with van der Waals surface area (Å²) in [6.07, 6.45) is 5.45. The van der Waals surface area contributed by atoms with Gasteiger partial charge in [0.15, 0.2) is 11.5 Å². The molecule has 0 aromatic carbocycles. The van der Waals surface area contributed by atoms with Crippen LogP contribution in [0.1, 0.15) is 0 Å². The molecule has 0 amide bonds.